The number of benzene rings is 2. The van der Waals surface area contributed by atoms with Crippen molar-refractivity contribution in [2.24, 2.45) is 47.3 Å². The molecule has 4 fully saturated rings. The van der Waals surface area contributed by atoms with Gasteiger partial charge in [0.05, 0.1) is 13.2 Å². The van der Waals surface area contributed by atoms with E-state index in [-0.39, 0.29) is 11.6 Å². The molecule has 1 nitrogen and oxygen atoms in total. The van der Waals surface area contributed by atoms with Crippen LogP contribution < -0.4 is 0 Å². The number of allylic oxidation sites excluding steroid dienone is 2. The lowest BCUT2D eigenvalue weighted by Gasteiger charge is -2.38. The van der Waals surface area contributed by atoms with Gasteiger partial charge in [-0.15, -0.1) is 13.2 Å². The number of ether oxygens (including phenoxy) is 1. The molecule has 0 radical (unpaired) electrons. The van der Waals surface area contributed by atoms with E-state index in [1.807, 2.05) is 12.1 Å². The van der Waals surface area contributed by atoms with Gasteiger partial charge in [0.15, 0.2) is 0 Å². The van der Waals surface area contributed by atoms with Gasteiger partial charge >= 0.3 is 0 Å². The van der Waals surface area contributed by atoms with E-state index in [1.165, 1.54) is 141 Å². The highest BCUT2D eigenvalue weighted by Gasteiger charge is 2.32. The fourth-order valence-electron chi connectivity index (χ4n) is 11.6. The average Bonchev–Trinajstić information content (AvgIpc) is 3.22. The van der Waals surface area contributed by atoms with Gasteiger partial charge in [0, 0.05) is 0 Å². The van der Waals surface area contributed by atoms with Crippen LogP contribution in [0.2, 0.25) is 0 Å². The Labute approximate surface area is 335 Å². The Morgan fingerprint density at radius 1 is 0.455 bits per heavy atom. The molecule has 0 aliphatic heterocycles. The summed E-state index contributed by atoms with van der Waals surface area (Å²) in [7, 11) is 0. The van der Waals surface area contributed by atoms with Gasteiger partial charge in [-0.1, -0.05) is 87.8 Å². The summed E-state index contributed by atoms with van der Waals surface area (Å²) in [5.74, 6) is 7.04. The summed E-state index contributed by atoms with van der Waals surface area (Å²) in [5, 5.41) is 0. The molecule has 0 bridgehead atoms. The van der Waals surface area contributed by atoms with Crippen molar-refractivity contribution in [3.8, 4) is 0 Å². The first-order valence-electron chi connectivity index (χ1n) is 23.3. The predicted octanol–water partition coefficient (Wildman–Crippen LogP) is 14.8. The van der Waals surface area contributed by atoms with Gasteiger partial charge in [-0.2, -0.15) is 0 Å². The fourth-order valence-corrected chi connectivity index (χ4v) is 11.6. The number of halogens is 2. The quantitative estimate of drug-likeness (QED) is 0.0966. The Morgan fingerprint density at radius 2 is 0.782 bits per heavy atom. The molecular formula is C52H76F2O. The molecule has 2 aromatic carbocycles. The van der Waals surface area contributed by atoms with Crippen LogP contribution in [0.5, 0.6) is 0 Å². The highest BCUT2D eigenvalue weighted by molar-refractivity contribution is 5.26. The van der Waals surface area contributed by atoms with E-state index in [4.69, 9.17) is 4.74 Å². The first kappa shape index (κ1) is 42.3. The molecular weight excluding hydrogens is 679 g/mol. The lowest BCUT2D eigenvalue weighted by molar-refractivity contribution is 0.139. The van der Waals surface area contributed by atoms with Gasteiger partial charge in [-0.3, -0.25) is 0 Å². The van der Waals surface area contributed by atoms with E-state index in [1.54, 1.807) is 12.1 Å². The minimum Gasteiger partial charge on any atom is -0.381 e. The molecule has 0 unspecified atom stereocenters. The summed E-state index contributed by atoms with van der Waals surface area (Å²) < 4.78 is 36.0. The minimum atomic E-state index is -0.111. The Kier molecular flexibility index (Phi) is 17.4. The molecule has 4 aliphatic carbocycles. The van der Waals surface area contributed by atoms with Crippen molar-refractivity contribution >= 4 is 0 Å². The number of rotatable bonds is 20. The Hall–Kier alpha value is -2.26. The molecule has 0 N–H and O–H groups in total. The standard InChI is InChI=1S/C52H76F2O/c1-3-5-7-39-13-23-45(24-14-39)47-27-17-41(18-28-47)9-11-43-21-31-49(51(53)37-43)33-35-55-36-34-50-32-22-44(38-52(50)54)12-10-42-19-29-48(30-20-42)46-25-15-40(16-26-46)8-6-4-2/h3-4,21-22,31-32,37-42,45-48H,1-2,5-20,23-30,33-36H2. The Morgan fingerprint density at radius 3 is 1.09 bits per heavy atom. The Bertz CT molecular complexity index is 1310. The predicted molar refractivity (Wildman–Crippen MR) is 228 cm³/mol. The molecule has 0 atom stereocenters. The normalized spacial score (nSPS) is 28.8. The lowest BCUT2D eigenvalue weighted by atomic mass is 9.68. The zero-order valence-corrected chi connectivity index (χ0v) is 34.6. The van der Waals surface area contributed by atoms with E-state index < -0.39 is 0 Å². The molecule has 4 saturated carbocycles. The zero-order valence-electron chi connectivity index (χ0n) is 34.6. The van der Waals surface area contributed by atoms with E-state index in [2.05, 4.69) is 37.4 Å². The maximum absolute atomic E-state index is 15.0. The smallest absolute Gasteiger partial charge is 0.126 e. The van der Waals surface area contributed by atoms with Gasteiger partial charge in [0.25, 0.3) is 0 Å². The van der Waals surface area contributed by atoms with Crippen LogP contribution in [-0.4, -0.2) is 13.2 Å². The number of hydrogen-bond acceptors (Lipinski definition) is 1. The molecule has 6 rings (SSSR count). The maximum atomic E-state index is 15.0. The second-order valence-corrected chi connectivity index (χ2v) is 18.9. The van der Waals surface area contributed by atoms with Crippen LogP contribution >= 0.6 is 0 Å². The van der Waals surface area contributed by atoms with E-state index in [9.17, 15) is 0 Å². The third-order valence-corrected chi connectivity index (χ3v) is 15.4. The van der Waals surface area contributed by atoms with Crippen LogP contribution in [0.4, 0.5) is 8.78 Å². The molecule has 0 heterocycles. The molecule has 55 heavy (non-hydrogen) atoms. The average molecular weight is 755 g/mol. The fraction of sp³-hybridized carbons (Fsp3) is 0.692. The van der Waals surface area contributed by atoms with Gasteiger partial charge in [0.2, 0.25) is 0 Å². The Balaban J connectivity index is 0.808. The molecule has 304 valence electrons. The topological polar surface area (TPSA) is 9.23 Å². The number of hydrogen-bond donors (Lipinski definition) is 0. The summed E-state index contributed by atoms with van der Waals surface area (Å²) in [4.78, 5) is 0. The van der Waals surface area contributed by atoms with Crippen molar-refractivity contribution in [2.75, 3.05) is 13.2 Å². The van der Waals surface area contributed by atoms with Crippen molar-refractivity contribution in [2.45, 2.75) is 167 Å². The maximum Gasteiger partial charge on any atom is 0.126 e. The molecule has 3 heteroatoms. The zero-order chi connectivity index (χ0) is 38.2. The first-order chi connectivity index (χ1) is 27.0. The highest BCUT2D eigenvalue weighted by atomic mass is 19.1. The molecule has 0 spiro atoms. The first-order valence-corrected chi connectivity index (χ1v) is 23.3. The summed E-state index contributed by atoms with van der Waals surface area (Å²) in [6, 6.07) is 11.7. The van der Waals surface area contributed by atoms with Crippen molar-refractivity contribution in [3.63, 3.8) is 0 Å². The second kappa shape index (κ2) is 22.6. The third kappa shape index (κ3) is 13.4. The van der Waals surface area contributed by atoms with Crippen LogP contribution in [0.3, 0.4) is 0 Å². The van der Waals surface area contributed by atoms with Crippen LogP contribution in [0.1, 0.15) is 164 Å². The lowest BCUT2D eigenvalue weighted by Crippen LogP contribution is -2.26. The van der Waals surface area contributed by atoms with Crippen LogP contribution in [0.25, 0.3) is 0 Å². The largest absolute Gasteiger partial charge is 0.381 e. The van der Waals surface area contributed by atoms with Gasteiger partial charge in [-0.05, 0) is 197 Å². The summed E-state index contributed by atoms with van der Waals surface area (Å²) in [5.41, 5.74) is 3.68. The third-order valence-electron chi connectivity index (χ3n) is 15.4. The van der Waals surface area contributed by atoms with Gasteiger partial charge in [0.1, 0.15) is 11.6 Å². The van der Waals surface area contributed by atoms with Crippen molar-refractivity contribution < 1.29 is 13.5 Å². The molecule has 0 saturated heterocycles. The number of aryl methyl sites for hydroxylation is 2. The second-order valence-electron chi connectivity index (χ2n) is 18.9. The highest BCUT2D eigenvalue weighted by Crippen LogP contribution is 2.44. The molecule has 4 aliphatic rings. The molecule has 2 aromatic rings. The molecule has 0 aromatic heterocycles. The summed E-state index contributed by atoms with van der Waals surface area (Å²) >= 11 is 0. The van der Waals surface area contributed by atoms with Gasteiger partial charge in [-0.25, -0.2) is 8.78 Å². The van der Waals surface area contributed by atoms with E-state index in [0.717, 1.165) is 82.4 Å². The van der Waals surface area contributed by atoms with Gasteiger partial charge < -0.3 is 4.74 Å². The monoisotopic (exact) mass is 755 g/mol. The van der Waals surface area contributed by atoms with Crippen LogP contribution in [-0.2, 0) is 30.4 Å². The minimum absolute atomic E-state index is 0.111. The molecule has 0 amide bonds. The van der Waals surface area contributed by atoms with Crippen molar-refractivity contribution in [1.82, 2.24) is 0 Å². The summed E-state index contributed by atoms with van der Waals surface area (Å²) in [6.07, 6.45) is 37.1. The van der Waals surface area contributed by atoms with Crippen molar-refractivity contribution in [3.05, 3.63) is 95.6 Å². The van der Waals surface area contributed by atoms with Crippen LogP contribution in [0.15, 0.2) is 61.7 Å². The SMILES string of the molecule is C=CCCC1CCC(C2CCC(CCc3ccc(CCOCCc4ccc(CCC5CCC(C6CCC(CCC=C)CC6)CC5)cc4F)c(F)c3)CC2)CC1. The van der Waals surface area contributed by atoms with Crippen molar-refractivity contribution in [1.29, 1.82) is 0 Å². The van der Waals surface area contributed by atoms with E-state index in [0.29, 0.717) is 26.1 Å². The van der Waals surface area contributed by atoms with E-state index >= 15 is 8.78 Å². The van der Waals surface area contributed by atoms with Crippen LogP contribution in [0, 0.1) is 59.0 Å². The summed E-state index contributed by atoms with van der Waals surface area (Å²) in [6.45, 7) is 8.71.